The van der Waals surface area contributed by atoms with Gasteiger partial charge in [-0.15, -0.1) is 0 Å². The second-order valence-electron chi connectivity index (χ2n) is 7.04. The van der Waals surface area contributed by atoms with Crippen LogP contribution in [0.3, 0.4) is 0 Å². The summed E-state index contributed by atoms with van der Waals surface area (Å²) in [6.07, 6.45) is 1.41. The van der Waals surface area contributed by atoms with Crippen molar-refractivity contribution in [2.45, 2.75) is 39.2 Å². The van der Waals surface area contributed by atoms with E-state index in [9.17, 15) is 9.59 Å². The van der Waals surface area contributed by atoms with Gasteiger partial charge in [-0.3, -0.25) is 4.79 Å². The lowest BCUT2D eigenvalue weighted by Gasteiger charge is -2.44. The first-order valence-electron chi connectivity index (χ1n) is 7.54. The monoisotopic (exact) mass is 298 g/mol. The maximum Gasteiger partial charge on any atom is 0.410 e. The van der Waals surface area contributed by atoms with Crippen molar-refractivity contribution >= 4 is 12.1 Å². The number of nitrogens with zero attached hydrogens (tertiary/aromatic N) is 1. The van der Waals surface area contributed by atoms with Gasteiger partial charge in [0.25, 0.3) is 0 Å². The lowest BCUT2D eigenvalue weighted by atomic mass is 9.69. The zero-order valence-electron chi connectivity index (χ0n) is 13.4. The van der Waals surface area contributed by atoms with Gasteiger partial charge < -0.3 is 19.7 Å². The molecule has 0 radical (unpaired) electrons. The van der Waals surface area contributed by atoms with Crippen molar-refractivity contribution in [1.82, 2.24) is 10.2 Å². The molecule has 2 fully saturated rings. The fraction of sp³-hybridized carbons (Fsp3) is 0.867. The minimum absolute atomic E-state index is 0.0778. The van der Waals surface area contributed by atoms with Crippen LogP contribution in [-0.2, 0) is 14.3 Å². The summed E-state index contributed by atoms with van der Waals surface area (Å²) in [4.78, 5) is 26.0. The van der Waals surface area contributed by atoms with Gasteiger partial charge in [0.1, 0.15) is 5.60 Å². The second kappa shape index (κ2) is 5.83. The molecule has 2 atom stereocenters. The topological polar surface area (TPSA) is 67.9 Å². The molecule has 2 rings (SSSR count). The smallest absolute Gasteiger partial charge is 0.410 e. The van der Waals surface area contributed by atoms with E-state index in [0.717, 1.165) is 25.9 Å². The zero-order valence-corrected chi connectivity index (χ0v) is 13.4. The first kappa shape index (κ1) is 16.1. The third-order valence-electron chi connectivity index (χ3n) is 4.44. The summed E-state index contributed by atoms with van der Waals surface area (Å²) in [6.45, 7) is 8.27. The highest BCUT2D eigenvalue weighted by atomic mass is 16.6. The summed E-state index contributed by atoms with van der Waals surface area (Å²) in [7, 11) is 1.41. The largest absolute Gasteiger partial charge is 0.469 e. The highest BCUT2D eigenvalue weighted by molar-refractivity contribution is 5.76. The number of amides is 1. The van der Waals surface area contributed by atoms with E-state index in [1.54, 1.807) is 4.90 Å². The molecule has 21 heavy (non-hydrogen) atoms. The summed E-state index contributed by atoms with van der Waals surface area (Å²) in [5.74, 6) is -0.509. The van der Waals surface area contributed by atoms with Crippen molar-refractivity contribution in [2.75, 3.05) is 33.3 Å². The first-order chi connectivity index (χ1) is 9.77. The maximum atomic E-state index is 12.2. The SMILES string of the molecule is COC(=O)C1CN(C(=O)OC(C)(C)C)CCC12CCNC2. The Balaban J connectivity index is 2.10. The van der Waals surface area contributed by atoms with E-state index in [-0.39, 0.29) is 23.4 Å². The predicted octanol–water partition coefficient (Wildman–Crippen LogP) is 1.40. The van der Waals surface area contributed by atoms with E-state index in [1.807, 2.05) is 20.8 Å². The highest BCUT2D eigenvalue weighted by Gasteiger charge is 2.50. The molecule has 2 aliphatic heterocycles. The van der Waals surface area contributed by atoms with Crippen molar-refractivity contribution in [3.8, 4) is 0 Å². The summed E-state index contributed by atoms with van der Waals surface area (Å²) < 4.78 is 10.4. The van der Waals surface area contributed by atoms with Crippen LogP contribution >= 0.6 is 0 Å². The number of carbonyl (C=O) groups is 2. The molecule has 2 saturated heterocycles. The van der Waals surface area contributed by atoms with Crippen LogP contribution in [0.25, 0.3) is 0 Å². The number of esters is 1. The fourth-order valence-electron chi connectivity index (χ4n) is 3.27. The van der Waals surface area contributed by atoms with Gasteiger partial charge in [-0.25, -0.2) is 4.79 Å². The highest BCUT2D eigenvalue weighted by Crippen LogP contribution is 2.42. The Morgan fingerprint density at radius 2 is 2.00 bits per heavy atom. The average Bonchev–Trinajstić information content (AvgIpc) is 2.85. The molecular formula is C15H26N2O4. The molecule has 2 aliphatic rings. The van der Waals surface area contributed by atoms with Gasteiger partial charge >= 0.3 is 12.1 Å². The predicted molar refractivity (Wildman–Crippen MR) is 77.8 cm³/mol. The maximum absolute atomic E-state index is 12.2. The van der Waals surface area contributed by atoms with Crippen LogP contribution in [0.4, 0.5) is 4.79 Å². The molecule has 0 saturated carbocycles. The van der Waals surface area contributed by atoms with Gasteiger partial charge in [0, 0.05) is 25.0 Å². The Hall–Kier alpha value is -1.30. The number of piperidine rings is 1. The molecule has 1 N–H and O–H groups in total. The minimum Gasteiger partial charge on any atom is -0.469 e. The van der Waals surface area contributed by atoms with Crippen LogP contribution in [0, 0.1) is 11.3 Å². The molecule has 1 amide bonds. The molecule has 0 aromatic rings. The number of hydrogen-bond acceptors (Lipinski definition) is 5. The van der Waals surface area contributed by atoms with E-state index in [0.29, 0.717) is 13.1 Å². The molecule has 1 spiro atoms. The second-order valence-corrected chi connectivity index (χ2v) is 7.04. The van der Waals surface area contributed by atoms with Gasteiger partial charge in [-0.05, 0) is 40.2 Å². The van der Waals surface area contributed by atoms with Crippen LogP contribution < -0.4 is 5.32 Å². The Morgan fingerprint density at radius 3 is 2.52 bits per heavy atom. The Morgan fingerprint density at radius 1 is 1.29 bits per heavy atom. The number of hydrogen-bond donors (Lipinski definition) is 1. The number of carbonyl (C=O) groups excluding carboxylic acids is 2. The van der Waals surface area contributed by atoms with Crippen molar-refractivity contribution in [1.29, 1.82) is 0 Å². The van der Waals surface area contributed by atoms with Crippen molar-refractivity contribution in [2.24, 2.45) is 11.3 Å². The molecule has 6 nitrogen and oxygen atoms in total. The third kappa shape index (κ3) is 3.48. The lowest BCUT2D eigenvalue weighted by Crippen LogP contribution is -2.54. The number of ether oxygens (including phenoxy) is 2. The van der Waals surface area contributed by atoms with Crippen LogP contribution in [0.1, 0.15) is 33.6 Å². The average molecular weight is 298 g/mol. The molecule has 120 valence electrons. The zero-order chi connectivity index (χ0) is 15.7. The minimum atomic E-state index is -0.526. The van der Waals surface area contributed by atoms with Gasteiger partial charge in [0.2, 0.25) is 0 Å². The molecule has 0 aliphatic carbocycles. The molecule has 6 heteroatoms. The van der Waals surface area contributed by atoms with Gasteiger partial charge in [0.15, 0.2) is 0 Å². The fourth-order valence-corrected chi connectivity index (χ4v) is 3.27. The standard InChI is InChI=1S/C15H26N2O4/c1-14(2,3)21-13(19)17-8-6-15(5-7-16-10-15)11(9-17)12(18)20-4/h11,16H,5-10H2,1-4H3. The molecule has 0 aromatic heterocycles. The normalized spacial score (nSPS) is 29.5. The number of rotatable bonds is 1. The van der Waals surface area contributed by atoms with Crippen LogP contribution in [-0.4, -0.2) is 55.9 Å². The van der Waals surface area contributed by atoms with Gasteiger partial charge in [-0.1, -0.05) is 0 Å². The van der Waals surface area contributed by atoms with Crippen LogP contribution in [0.5, 0.6) is 0 Å². The number of nitrogens with one attached hydrogen (secondary N) is 1. The van der Waals surface area contributed by atoms with Crippen LogP contribution in [0.2, 0.25) is 0 Å². The van der Waals surface area contributed by atoms with E-state index >= 15 is 0 Å². The Bertz CT molecular complexity index is 410. The van der Waals surface area contributed by atoms with Crippen molar-refractivity contribution < 1.29 is 19.1 Å². The third-order valence-corrected chi connectivity index (χ3v) is 4.44. The molecule has 0 aromatic carbocycles. The van der Waals surface area contributed by atoms with Crippen molar-refractivity contribution in [3.05, 3.63) is 0 Å². The lowest BCUT2D eigenvalue weighted by molar-refractivity contribution is -0.153. The summed E-state index contributed by atoms with van der Waals surface area (Å²) in [5, 5.41) is 3.33. The van der Waals surface area contributed by atoms with E-state index in [2.05, 4.69) is 5.32 Å². The quantitative estimate of drug-likeness (QED) is 0.741. The van der Waals surface area contributed by atoms with E-state index in [4.69, 9.17) is 9.47 Å². The molecule has 0 bridgehead atoms. The summed E-state index contributed by atoms with van der Waals surface area (Å²) in [6, 6.07) is 0. The number of likely N-dealkylation sites (tertiary alicyclic amines) is 1. The van der Waals surface area contributed by atoms with Gasteiger partial charge in [-0.2, -0.15) is 0 Å². The number of methoxy groups -OCH3 is 1. The first-order valence-corrected chi connectivity index (χ1v) is 7.54. The Kier molecular flexibility index (Phi) is 4.46. The van der Waals surface area contributed by atoms with Crippen molar-refractivity contribution in [3.63, 3.8) is 0 Å². The summed E-state index contributed by atoms with van der Waals surface area (Å²) >= 11 is 0. The van der Waals surface area contributed by atoms with E-state index in [1.165, 1.54) is 7.11 Å². The van der Waals surface area contributed by atoms with Crippen LogP contribution in [0.15, 0.2) is 0 Å². The molecule has 2 heterocycles. The molecular weight excluding hydrogens is 272 g/mol. The molecule has 2 unspecified atom stereocenters. The Labute approximate surface area is 126 Å². The van der Waals surface area contributed by atoms with Gasteiger partial charge in [0.05, 0.1) is 13.0 Å². The van der Waals surface area contributed by atoms with E-state index < -0.39 is 5.60 Å². The summed E-state index contributed by atoms with van der Waals surface area (Å²) in [5.41, 5.74) is -0.604.